The first-order chi connectivity index (χ1) is 6.95. The number of aliphatic hydroxyl groups excluding tert-OH is 1. The minimum absolute atomic E-state index is 0.309. The first-order valence-corrected chi connectivity index (χ1v) is 5.74. The summed E-state index contributed by atoms with van der Waals surface area (Å²) in [6.45, 7) is 6.36. The van der Waals surface area contributed by atoms with Gasteiger partial charge in [-0.1, -0.05) is 0 Å². The second-order valence-electron chi connectivity index (χ2n) is 4.16. The maximum Gasteiger partial charge on any atom is 0.100 e. The van der Waals surface area contributed by atoms with E-state index >= 15 is 0 Å². The summed E-state index contributed by atoms with van der Waals surface area (Å²) in [5.74, 6) is 0. The number of hydrogen-bond acceptors (Lipinski definition) is 4. The van der Waals surface area contributed by atoms with Gasteiger partial charge in [0, 0.05) is 22.3 Å². The Hall–Kier alpha value is -0.890. The van der Waals surface area contributed by atoms with Gasteiger partial charge in [0.1, 0.15) is 6.07 Å². The molecule has 0 fully saturated rings. The highest BCUT2D eigenvalue weighted by molar-refractivity contribution is 7.10. The van der Waals surface area contributed by atoms with Gasteiger partial charge in [0.25, 0.3) is 0 Å². The van der Waals surface area contributed by atoms with Crippen molar-refractivity contribution in [2.45, 2.75) is 39.0 Å². The molecule has 0 amide bonds. The predicted octanol–water partition coefficient (Wildman–Crippen LogP) is 1.87. The van der Waals surface area contributed by atoms with Crippen molar-refractivity contribution in [1.82, 2.24) is 5.32 Å². The zero-order valence-electron chi connectivity index (χ0n) is 9.24. The lowest BCUT2D eigenvalue weighted by Crippen LogP contribution is -2.47. The monoisotopic (exact) mass is 224 g/mol. The Morgan fingerprint density at radius 3 is 2.80 bits per heavy atom. The van der Waals surface area contributed by atoms with Crippen molar-refractivity contribution in [3.63, 3.8) is 0 Å². The molecule has 1 atom stereocenters. The molecule has 2 N–H and O–H groups in total. The Morgan fingerprint density at radius 2 is 2.33 bits per heavy atom. The van der Waals surface area contributed by atoms with Gasteiger partial charge in [-0.3, -0.25) is 0 Å². The van der Waals surface area contributed by atoms with Crippen molar-refractivity contribution in [2.24, 2.45) is 0 Å². The molecule has 3 nitrogen and oxygen atoms in total. The Balaban J connectivity index is 2.54. The summed E-state index contributed by atoms with van der Waals surface area (Å²) in [5.41, 5.74) is 0.392. The molecule has 0 aliphatic rings. The second-order valence-corrected chi connectivity index (χ2v) is 5.16. The van der Waals surface area contributed by atoms with Gasteiger partial charge in [0.2, 0.25) is 0 Å². The summed E-state index contributed by atoms with van der Waals surface area (Å²) in [4.78, 5) is 1.11. The van der Waals surface area contributed by atoms with Gasteiger partial charge in [0.15, 0.2) is 0 Å². The van der Waals surface area contributed by atoms with E-state index in [1.165, 1.54) is 0 Å². The molecule has 15 heavy (non-hydrogen) atoms. The van der Waals surface area contributed by atoms with Crippen LogP contribution in [0, 0.1) is 11.3 Å². The lowest BCUT2D eigenvalue weighted by atomic mass is 9.99. The van der Waals surface area contributed by atoms with Gasteiger partial charge in [-0.25, -0.2) is 0 Å². The molecule has 0 aliphatic heterocycles. The van der Waals surface area contributed by atoms with E-state index in [1.54, 1.807) is 18.3 Å². The Bertz CT molecular complexity index is 363. The van der Waals surface area contributed by atoms with Gasteiger partial charge in [-0.2, -0.15) is 5.26 Å². The van der Waals surface area contributed by atoms with Crippen LogP contribution < -0.4 is 5.32 Å². The molecule has 0 saturated carbocycles. The minimum Gasteiger partial charge on any atom is -0.392 e. The summed E-state index contributed by atoms with van der Waals surface area (Å²) < 4.78 is 0. The van der Waals surface area contributed by atoms with Gasteiger partial charge < -0.3 is 10.4 Å². The molecule has 0 saturated heterocycles. The fraction of sp³-hybridized carbons (Fsp3) is 0.545. The standard InChI is InChI=1S/C11H16N2OS/c1-8(14)11(2,3)13-6-10-4-9(5-12)7-15-10/h4,7-8,13-14H,6H2,1-3H3. The number of aliphatic hydroxyl groups is 1. The van der Waals surface area contributed by atoms with Crippen molar-refractivity contribution < 1.29 is 5.11 Å². The molecule has 1 rings (SSSR count). The summed E-state index contributed by atoms with van der Waals surface area (Å²) >= 11 is 1.56. The molecule has 1 aromatic heterocycles. The van der Waals surface area contributed by atoms with Gasteiger partial charge >= 0.3 is 0 Å². The van der Waals surface area contributed by atoms with E-state index in [9.17, 15) is 5.11 Å². The highest BCUT2D eigenvalue weighted by Crippen LogP contribution is 2.16. The number of nitrogens with one attached hydrogen (secondary N) is 1. The van der Waals surface area contributed by atoms with Crippen molar-refractivity contribution in [3.05, 3.63) is 21.9 Å². The Labute approximate surface area is 94.4 Å². The van der Waals surface area contributed by atoms with E-state index in [0.717, 1.165) is 4.88 Å². The van der Waals surface area contributed by atoms with E-state index < -0.39 is 6.10 Å². The summed E-state index contributed by atoms with van der Waals surface area (Å²) in [6, 6.07) is 3.97. The molecule has 4 heteroatoms. The quantitative estimate of drug-likeness (QED) is 0.821. The molecule has 0 spiro atoms. The van der Waals surface area contributed by atoms with Crippen LogP contribution in [-0.4, -0.2) is 16.7 Å². The van der Waals surface area contributed by atoms with Crippen LogP contribution in [0.1, 0.15) is 31.2 Å². The Morgan fingerprint density at radius 1 is 1.67 bits per heavy atom. The number of hydrogen-bond donors (Lipinski definition) is 2. The zero-order valence-corrected chi connectivity index (χ0v) is 10.1. The molecular formula is C11H16N2OS. The molecule has 1 heterocycles. The van der Waals surface area contributed by atoms with Crippen LogP contribution in [0.4, 0.5) is 0 Å². The average molecular weight is 224 g/mol. The molecule has 1 aromatic rings. The molecule has 0 radical (unpaired) electrons. The van der Waals surface area contributed by atoms with E-state index in [0.29, 0.717) is 12.1 Å². The molecule has 0 bridgehead atoms. The molecule has 0 aromatic carbocycles. The minimum atomic E-state index is -0.409. The SMILES string of the molecule is CC(O)C(C)(C)NCc1cc(C#N)cs1. The molecule has 82 valence electrons. The van der Waals surface area contributed by atoms with Crippen LogP contribution in [0.5, 0.6) is 0 Å². The third kappa shape index (κ3) is 3.31. The number of thiophene rings is 1. The summed E-state index contributed by atoms with van der Waals surface area (Å²) in [5, 5.41) is 23.3. The highest BCUT2D eigenvalue weighted by Gasteiger charge is 2.22. The lowest BCUT2D eigenvalue weighted by molar-refractivity contribution is 0.0958. The highest BCUT2D eigenvalue weighted by atomic mass is 32.1. The second kappa shape index (κ2) is 4.75. The van der Waals surface area contributed by atoms with Crippen molar-refractivity contribution in [2.75, 3.05) is 0 Å². The largest absolute Gasteiger partial charge is 0.392 e. The maximum absolute atomic E-state index is 9.50. The van der Waals surface area contributed by atoms with Gasteiger partial charge in [0.05, 0.1) is 11.7 Å². The van der Waals surface area contributed by atoms with Crippen LogP contribution in [0.25, 0.3) is 0 Å². The van der Waals surface area contributed by atoms with Crippen molar-refractivity contribution in [1.29, 1.82) is 5.26 Å². The van der Waals surface area contributed by atoms with Crippen molar-refractivity contribution in [3.8, 4) is 6.07 Å². The zero-order chi connectivity index (χ0) is 11.5. The fourth-order valence-corrected chi connectivity index (χ4v) is 1.74. The first-order valence-electron chi connectivity index (χ1n) is 4.86. The maximum atomic E-state index is 9.50. The third-order valence-corrected chi connectivity index (χ3v) is 3.48. The molecular weight excluding hydrogens is 208 g/mol. The van der Waals surface area contributed by atoms with E-state index in [-0.39, 0.29) is 5.54 Å². The van der Waals surface area contributed by atoms with Crippen LogP contribution in [-0.2, 0) is 6.54 Å². The van der Waals surface area contributed by atoms with Crippen LogP contribution in [0.3, 0.4) is 0 Å². The smallest absolute Gasteiger partial charge is 0.100 e. The predicted molar refractivity (Wildman–Crippen MR) is 61.6 cm³/mol. The molecule has 0 aliphatic carbocycles. The van der Waals surface area contributed by atoms with Gasteiger partial charge in [-0.05, 0) is 26.8 Å². The average Bonchev–Trinajstić information content (AvgIpc) is 2.62. The number of nitrogens with zero attached hydrogens (tertiary/aromatic N) is 1. The molecule has 1 unspecified atom stereocenters. The number of nitriles is 1. The van der Waals surface area contributed by atoms with Crippen LogP contribution in [0.2, 0.25) is 0 Å². The van der Waals surface area contributed by atoms with Gasteiger partial charge in [-0.15, -0.1) is 11.3 Å². The van der Waals surface area contributed by atoms with Crippen LogP contribution >= 0.6 is 11.3 Å². The summed E-state index contributed by atoms with van der Waals surface area (Å²) in [7, 11) is 0. The lowest BCUT2D eigenvalue weighted by Gasteiger charge is -2.29. The third-order valence-electron chi connectivity index (χ3n) is 2.55. The van der Waals surface area contributed by atoms with E-state index in [2.05, 4.69) is 11.4 Å². The number of rotatable bonds is 4. The fourth-order valence-electron chi connectivity index (χ4n) is 0.995. The summed E-state index contributed by atoms with van der Waals surface area (Å²) in [6.07, 6.45) is -0.409. The normalized spacial score (nSPS) is 13.5. The topological polar surface area (TPSA) is 56.0 Å². The van der Waals surface area contributed by atoms with Crippen LogP contribution in [0.15, 0.2) is 11.4 Å². The van der Waals surface area contributed by atoms with E-state index in [4.69, 9.17) is 5.26 Å². The first kappa shape index (κ1) is 12.2. The Kier molecular flexibility index (Phi) is 3.86. The van der Waals surface area contributed by atoms with Crippen molar-refractivity contribution >= 4 is 11.3 Å². The van der Waals surface area contributed by atoms with E-state index in [1.807, 2.05) is 25.3 Å².